The van der Waals surface area contributed by atoms with Gasteiger partial charge >= 0.3 is 0 Å². The molecule has 2 rings (SSSR count). The van der Waals surface area contributed by atoms with Crippen molar-refractivity contribution in [3.8, 4) is 0 Å². The third kappa shape index (κ3) is 5.84. The van der Waals surface area contributed by atoms with Crippen molar-refractivity contribution in [3.63, 3.8) is 0 Å². The van der Waals surface area contributed by atoms with Crippen molar-refractivity contribution in [1.29, 1.82) is 0 Å². The van der Waals surface area contributed by atoms with Crippen LogP contribution in [0.4, 0.5) is 0 Å². The van der Waals surface area contributed by atoms with E-state index in [0.717, 1.165) is 11.5 Å². The molecule has 0 bridgehead atoms. The van der Waals surface area contributed by atoms with Crippen LogP contribution in [0, 0.1) is 5.92 Å². The van der Waals surface area contributed by atoms with E-state index < -0.39 is 10.0 Å². The van der Waals surface area contributed by atoms with Gasteiger partial charge in [-0.1, -0.05) is 26.0 Å². The number of nitrogens with one attached hydrogen (secondary N) is 3. The highest BCUT2D eigenvalue weighted by atomic mass is 32.2. The van der Waals surface area contributed by atoms with E-state index >= 15 is 0 Å². The minimum atomic E-state index is -3.42. The van der Waals surface area contributed by atoms with E-state index in [1.54, 1.807) is 19.2 Å². The highest BCUT2D eigenvalue weighted by molar-refractivity contribution is 7.89. The third-order valence-electron chi connectivity index (χ3n) is 3.52. The Kier molecular flexibility index (Phi) is 6.01. The molecule has 128 valence electrons. The topological polar surface area (TPSA) is 82.6 Å². The summed E-state index contributed by atoms with van der Waals surface area (Å²) in [5.41, 5.74) is 1.01. The van der Waals surface area contributed by atoms with Gasteiger partial charge in [0.25, 0.3) is 0 Å². The molecule has 1 aromatic rings. The molecule has 0 unspecified atom stereocenters. The molecule has 0 heterocycles. The maximum absolute atomic E-state index is 12.1. The van der Waals surface area contributed by atoms with Crippen LogP contribution in [0.5, 0.6) is 0 Å². The first-order valence-electron chi connectivity index (χ1n) is 7.96. The fraction of sp³-hybridized carbons (Fsp3) is 0.562. The van der Waals surface area contributed by atoms with Crippen molar-refractivity contribution in [1.82, 2.24) is 15.4 Å². The maximum atomic E-state index is 12.1. The van der Waals surface area contributed by atoms with Crippen molar-refractivity contribution in [2.75, 3.05) is 13.6 Å². The molecule has 0 atom stereocenters. The van der Waals surface area contributed by atoms with Crippen LogP contribution >= 0.6 is 0 Å². The van der Waals surface area contributed by atoms with Crippen molar-refractivity contribution in [2.24, 2.45) is 10.9 Å². The molecule has 1 aliphatic carbocycles. The van der Waals surface area contributed by atoms with Crippen LogP contribution in [0.25, 0.3) is 0 Å². The van der Waals surface area contributed by atoms with Gasteiger partial charge in [0.1, 0.15) is 0 Å². The minimum absolute atomic E-state index is 0.277. The molecule has 7 heteroatoms. The Bertz CT molecular complexity index is 635. The fourth-order valence-corrected chi connectivity index (χ4v) is 3.16. The smallest absolute Gasteiger partial charge is 0.240 e. The molecule has 0 spiro atoms. The second kappa shape index (κ2) is 7.79. The lowest BCUT2D eigenvalue weighted by Crippen LogP contribution is -2.38. The Balaban J connectivity index is 1.90. The van der Waals surface area contributed by atoms with Crippen molar-refractivity contribution < 1.29 is 8.42 Å². The molecule has 3 N–H and O–H groups in total. The van der Waals surface area contributed by atoms with Gasteiger partial charge in [0.2, 0.25) is 10.0 Å². The summed E-state index contributed by atoms with van der Waals surface area (Å²) in [7, 11) is -1.68. The van der Waals surface area contributed by atoms with E-state index in [2.05, 4.69) is 20.3 Å². The second-order valence-corrected chi connectivity index (χ2v) is 8.00. The fourth-order valence-electron chi connectivity index (χ4n) is 1.95. The van der Waals surface area contributed by atoms with Gasteiger partial charge in [0.05, 0.1) is 4.90 Å². The predicted octanol–water partition coefficient (Wildman–Crippen LogP) is 1.45. The number of rotatable bonds is 7. The summed E-state index contributed by atoms with van der Waals surface area (Å²) >= 11 is 0. The van der Waals surface area contributed by atoms with Gasteiger partial charge in [-0.2, -0.15) is 0 Å². The summed E-state index contributed by atoms with van der Waals surface area (Å²) in [6, 6.07) is 7.46. The van der Waals surface area contributed by atoms with E-state index in [0.29, 0.717) is 24.0 Å². The molecule has 6 nitrogen and oxygen atoms in total. The van der Waals surface area contributed by atoms with Gasteiger partial charge in [-0.3, -0.25) is 4.99 Å². The Morgan fingerprint density at radius 3 is 2.43 bits per heavy atom. The predicted molar refractivity (Wildman–Crippen MR) is 92.8 cm³/mol. The Morgan fingerprint density at radius 1 is 1.26 bits per heavy atom. The van der Waals surface area contributed by atoms with Gasteiger partial charge in [0, 0.05) is 26.2 Å². The zero-order valence-corrected chi connectivity index (χ0v) is 14.8. The number of aliphatic imine (C=N–C) groups is 1. The summed E-state index contributed by atoms with van der Waals surface area (Å²) in [5, 5.41) is 6.54. The molecule has 0 radical (unpaired) electrons. The first kappa shape index (κ1) is 17.7. The number of sulfonamides is 1. The number of guanidine groups is 1. The lowest BCUT2D eigenvalue weighted by Gasteiger charge is -2.12. The normalized spacial score (nSPS) is 15.7. The van der Waals surface area contributed by atoms with Crippen LogP contribution in [-0.2, 0) is 16.6 Å². The summed E-state index contributed by atoms with van der Waals surface area (Å²) in [4.78, 5) is 4.46. The largest absolute Gasteiger partial charge is 0.354 e. The third-order valence-corrected chi connectivity index (χ3v) is 4.96. The molecule has 0 saturated heterocycles. The zero-order valence-electron chi connectivity index (χ0n) is 14.0. The van der Waals surface area contributed by atoms with E-state index in [4.69, 9.17) is 0 Å². The van der Waals surface area contributed by atoms with Gasteiger partial charge in [0.15, 0.2) is 5.96 Å². The molecule has 1 aromatic carbocycles. The van der Waals surface area contributed by atoms with Gasteiger partial charge in [-0.25, -0.2) is 13.1 Å². The number of hydrogen-bond donors (Lipinski definition) is 3. The quantitative estimate of drug-likeness (QED) is 0.519. The van der Waals surface area contributed by atoms with Crippen LogP contribution in [0.1, 0.15) is 32.3 Å². The standard InChI is InChI=1S/C16H26N4O2S/c1-12(2)10-19-23(21,22)15-8-4-13(5-9-15)11-18-16(17-3)20-14-6-7-14/h4-5,8-9,12,14,19H,6-7,10-11H2,1-3H3,(H2,17,18,20). The molecule has 1 fully saturated rings. The van der Waals surface area contributed by atoms with Crippen LogP contribution in [-0.4, -0.2) is 34.0 Å². The van der Waals surface area contributed by atoms with E-state index in [1.807, 2.05) is 26.0 Å². The number of hydrogen-bond acceptors (Lipinski definition) is 3. The Morgan fingerprint density at radius 2 is 1.91 bits per heavy atom. The van der Waals surface area contributed by atoms with Crippen LogP contribution in [0.15, 0.2) is 34.2 Å². The molecule has 0 aliphatic heterocycles. The van der Waals surface area contributed by atoms with Gasteiger partial charge in [-0.15, -0.1) is 0 Å². The average molecular weight is 338 g/mol. The minimum Gasteiger partial charge on any atom is -0.354 e. The maximum Gasteiger partial charge on any atom is 0.240 e. The zero-order chi connectivity index (χ0) is 16.9. The summed E-state index contributed by atoms with van der Waals surface area (Å²) < 4.78 is 26.9. The van der Waals surface area contributed by atoms with Crippen molar-refractivity contribution in [2.45, 2.75) is 44.2 Å². The average Bonchev–Trinajstić information content (AvgIpc) is 3.34. The SMILES string of the molecule is CN=C(NCc1ccc(S(=O)(=O)NCC(C)C)cc1)NC1CC1. The van der Waals surface area contributed by atoms with Gasteiger partial charge in [-0.05, 0) is 36.5 Å². The Hall–Kier alpha value is -1.60. The molecular weight excluding hydrogens is 312 g/mol. The first-order valence-corrected chi connectivity index (χ1v) is 9.45. The lowest BCUT2D eigenvalue weighted by atomic mass is 10.2. The molecule has 1 aliphatic rings. The van der Waals surface area contributed by atoms with Crippen LogP contribution in [0.2, 0.25) is 0 Å². The second-order valence-electron chi connectivity index (χ2n) is 6.23. The number of nitrogens with zero attached hydrogens (tertiary/aromatic N) is 1. The molecule has 23 heavy (non-hydrogen) atoms. The molecule has 0 amide bonds. The van der Waals surface area contributed by atoms with Gasteiger partial charge < -0.3 is 10.6 Å². The summed E-state index contributed by atoms with van der Waals surface area (Å²) in [6.45, 7) is 4.99. The first-order chi connectivity index (χ1) is 10.9. The summed E-state index contributed by atoms with van der Waals surface area (Å²) in [6.07, 6.45) is 2.38. The summed E-state index contributed by atoms with van der Waals surface area (Å²) in [5.74, 6) is 1.06. The van der Waals surface area contributed by atoms with Crippen LogP contribution < -0.4 is 15.4 Å². The van der Waals surface area contributed by atoms with Crippen molar-refractivity contribution >= 4 is 16.0 Å². The molecule has 1 saturated carbocycles. The van der Waals surface area contributed by atoms with E-state index in [-0.39, 0.29) is 5.92 Å². The highest BCUT2D eigenvalue weighted by Crippen LogP contribution is 2.18. The molecular formula is C16H26N4O2S. The Labute approximate surface area is 138 Å². The monoisotopic (exact) mass is 338 g/mol. The molecule has 0 aromatic heterocycles. The van der Waals surface area contributed by atoms with Crippen molar-refractivity contribution in [3.05, 3.63) is 29.8 Å². The number of benzene rings is 1. The highest BCUT2D eigenvalue weighted by Gasteiger charge is 2.22. The van der Waals surface area contributed by atoms with E-state index in [1.165, 1.54) is 12.8 Å². The van der Waals surface area contributed by atoms with Crippen LogP contribution in [0.3, 0.4) is 0 Å². The lowest BCUT2D eigenvalue weighted by molar-refractivity contribution is 0.560. The van der Waals surface area contributed by atoms with E-state index in [9.17, 15) is 8.42 Å².